The van der Waals surface area contributed by atoms with E-state index in [4.69, 9.17) is 4.74 Å². The van der Waals surface area contributed by atoms with E-state index in [1.54, 1.807) is 45.0 Å². The van der Waals surface area contributed by atoms with Gasteiger partial charge in [-0.15, -0.1) is 0 Å². The lowest BCUT2D eigenvalue weighted by molar-refractivity contribution is 0.0697. The zero-order chi connectivity index (χ0) is 18.8. The molecule has 25 heavy (non-hydrogen) atoms. The van der Waals surface area contributed by atoms with Gasteiger partial charge in [-0.05, 0) is 62.2 Å². The number of ether oxygens (including phenoxy) is 1. The molecule has 0 aliphatic heterocycles. The quantitative estimate of drug-likeness (QED) is 0.851. The third-order valence-corrected chi connectivity index (χ3v) is 5.11. The Kier molecular flexibility index (Phi) is 5.20. The van der Waals surface area contributed by atoms with Gasteiger partial charge in [0.2, 0.25) is 10.0 Å². The fourth-order valence-corrected chi connectivity index (χ4v) is 3.84. The first kappa shape index (κ1) is 19.0. The molecule has 0 bridgehead atoms. The van der Waals surface area contributed by atoms with Crippen LogP contribution in [0.25, 0.3) is 11.1 Å². The van der Waals surface area contributed by atoms with Gasteiger partial charge in [0.1, 0.15) is 5.75 Å². The maximum atomic E-state index is 12.5. The first-order valence-electron chi connectivity index (χ1n) is 7.59. The zero-order valence-corrected chi connectivity index (χ0v) is 15.3. The molecule has 0 atom stereocenters. The van der Waals surface area contributed by atoms with E-state index >= 15 is 0 Å². The van der Waals surface area contributed by atoms with Gasteiger partial charge in [0.15, 0.2) is 0 Å². The number of carboxylic acid groups (broad SMARTS) is 1. The Morgan fingerprint density at radius 3 is 2.36 bits per heavy atom. The van der Waals surface area contributed by atoms with Gasteiger partial charge in [-0.3, -0.25) is 0 Å². The maximum Gasteiger partial charge on any atom is 0.336 e. The standard InChI is InChI=1S/C18H21NO5S/c1-18(2,3)19-25(22,23)14-7-5-6-12(10-14)15-9-8-13(24-4)11-16(15)17(20)21/h5-11,19H,1-4H3,(H,20,21). The molecule has 0 aliphatic rings. The highest BCUT2D eigenvalue weighted by molar-refractivity contribution is 7.89. The highest BCUT2D eigenvalue weighted by Crippen LogP contribution is 2.29. The largest absolute Gasteiger partial charge is 0.497 e. The van der Waals surface area contributed by atoms with E-state index in [1.165, 1.54) is 25.3 Å². The van der Waals surface area contributed by atoms with Crippen molar-refractivity contribution < 1.29 is 23.1 Å². The predicted molar refractivity (Wildman–Crippen MR) is 95.5 cm³/mol. The topological polar surface area (TPSA) is 92.7 Å². The smallest absolute Gasteiger partial charge is 0.336 e. The molecule has 0 unspecified atom stereocenters. The molecule has 0 saturated heterocycles. The maximum absolute atomic E-state index is 12.5. The molecule has 0 amide bonds. The number of carboxylic acids is 1. The number of aromatic carboxylic acids is 1. The number of hydrogen-bond acceptors (Lipinski definition) is 4. The second-order valence-corrected chi connectivity index (χ2v) is 8.28. The van der Waals surface area contributed by atoms with E-state index in [0.29, 0.717) is 16.9 Å². The van der Waals surface area contributed by atoms with Crippen LogP contribution in [0.5, 0.6) is 5.75 Å². The molecule has 0 aliphatic carbocycles. The number of sulfonamides is 1. The number of nitrogens with one attached hydrogen (secondary N) is 1. The molecule has 0 saturated carbocycles. The second-order valence-electron chi connectivity index (χ2n) is 6.60. The van der Waals surface area contributed by atoms with Crippen LogP contribution in [-0.4, -0.2) is 32.1 Å². The normalized spacial score (nSPS) is 12.0. The molecule has 2 aromatic rings. The molecule has 0 spiro atoms. The summed E-state index contributed by atoms with van der Waals surface area (Å²) in [7, 11) is -2.27. The minimum atomic E-state index is -3.72. The Balaban J connectivity index is 2.55. The van der Waals surface area contributed by atoms with Crippen molar-refractivity contribution in [3.63, 3.8) is 0 Å². The Morgan fingerprint density at radius 2 is 1.80 bits per heavy atom. The molecule has 6 nitrogen and oxygen atoms in total. The number of benzene rings is 2. The molecule has 2 rings (SSSR count). The molecule has 0 radical (unpaired) electrons. The average Bonchev–Trinajstić information content (AvgIpc) is 2.52. The molecular formula is C18H21NO5S. The highest BCUT2D eigenvalue weighted by atomic mass is 32.2. The van der Waals surface area contributed by atoms with Crippen molar-refractivity contribution in [1.29, 1.82) is 0 Å². The molecule has 7 heteroatoms. The number of carbonyl (C=O) groups is 1. The summed E-state index contributed by atoms with van der Waals surface area (Å²) >= 11 is 0. The molecule has 134 valence electrons. The predicted octanol–water partition coefficient (Wildman–Crippen LogP) is 3.14. The molecule has 0 aromatic heterocycles. The van der Waals surface area contributed by atoms with Crippen molar-refractivity contribution in [2.24, 2.45) is 0 Å². The number of hydrogen-bond donors (Lipinski definition) is 2. The van der Waals surface area contributed by atoms with Crippen LogP contribution in [0.4, 0.5) is 0 Å². The second kappa shape index (κ2) is 6.85. The third kappa shape index (κ3) is 4.58. The van der Waals surface area contributed by atoms with Crippen molar-refractivity contribution in [1.82, 2.24) is 4.72 Å². The van der Waals surface area contributed by atoms with Gasteiger partial charge in [-0.1, -0.05) is 12.1 Å². The molecule has 2 N–H and O–H groups in total. The molecule has 0 heterocycles. The first-order chi connectivity index (χ1) is 11.5. The zero-order valence-electron chi connectivity index (χ0n) is 14.5. The number of methoxy groups -OCH3 is 1. The van der Waals surface area contributed by atoms with Crippen LogP contribution in [0.15, 0.2) is 47.4 Å². The van der Waals surface area contributed by atoms with E-state index < -0.39 is 21.5 Å². The van der Waals surface area contributed by atoms with Gasteiger partial charge in [0.05, 0.1) is 17.6 Å². The summed E-state index contributed by atoms with van der Waals surface area (Å²) in [6.07, 6.45) is 0. The fraction of sp³-hybridized carbons (Fsp3) is 0.278. The van der Waals surface area contributed by atoms with E-state index in [-0.39, 0.29) is 10.5 Å². The molecule has 0 fully saturated rings. The Labute approximate surface area is 147 Å². The van der Waals surface area contributed by atoms with Crippen molar-refractivity contribution in [2.75, 3.05) is 7.11 Å². The summed E-state index contributed by atoms with van der Waals surface area (Å²) in [5.74, 6) is -0.700. The van der Waals surface area contributed by atoms with Crippen molar-refractivity contribution in [2.45, 2.75) is 31.2 Å². The van der Waals surface area contributed by atoms with Crippen molar-refractivity contribution in [3.8, 4) is 16.9 Å². The van der Waals surface area contributed by atoms with E-state index in [1.807, 2.05) is 0 Å². The van der Waals surface area contributed by atoms with Crippen LogP contribution < -0.4 is 9.46 Å². The lowest BCUT2D eigenvalue weighted by Gasteiger charge is -2.20. The lowest BCUT2D eigenvalue weighted by atomic mass is 9.99. The van der Waals surface area contributed by atoms with Crippen LogP contribution in [0.1, 0.15) is 31.1 Å². The Morgan fingerprint density at radius 1 is 1.12 bits per heavy atom. The summed E-state index contributed by atoms with van der Waals surface area (Å²) in [5.41, 5.74) is 0.330. The van der Waals surface area contributed by atoms with Crippen molar-refractivity contribution in [3.05, 3.63) is 48.0 Å². The van der Waals surface area contributed by atoms with E-state index in [9.17, 15) is 18.3 Å². The number of rotatable bonds is 5. The van der Waals surface area contributed by atoms with E-state index in [0.717, 1.165) is 0 Å². The monoisotopic (exact) mass is 363 g/mol. The van der Waals surface area contributed by atoms with Gasteiger partial charge in [0, 0.05) is 5.54 Å². The summed E-state index contributed by atoms with van der Waals surface area (Å²) in [6.45, 7) is 5.25. The van der Waals surface area contributed by atoms with Crippen LogP contribution in [0, 0.1) is 0 Å². The van der Waals surface area contributed by atoms with Gasteiger partial charge in [-0.25, -0.2) is 17.9 Å². The Hall–Kier alpha value is -2.38. The minimum absolute atomic E-state index is 0.0395. The average molecular weight is 363 g/mol. The van der Waals surface area contributed by atoms with Gasteiger partial charge >= 0.3 is 5.97 Å². The molecule has 2 aromatic carbocycles. The lowest BCUT2D eigenvalue weighted by Crippen LogP contribution is -2.40. The van der Waals surface area contributed by atoms with Crippen LogP contribution in [-0.2, 0) is 10.0 Å². The van der Waals surface area contributed by atoms with Gasteiger partial charge in [0.25, 0.3) is 0 Å². The highest BCUT2D eigenvalue weighted by Gasteiger charge is 2.23. The minimum Gasteiger partial charge on any atom is -0.497 e. The van der Waals surface area contributed by atoms with Crippen molar-refractivity contribution >= 4 is 16.0 Å². The van der Waals surface area contributed by atoms with Crippen LogP contribution in [0.3, 0.4) is 0 Å². The van der Waals surface area contributed by atoms with Crippen LogP contribution >= 0.6 is 0 Å². The fourth-order valence-electron chi connectivity index (χ4n) is 2.37. The van der Waals surface area contributed by atoms with Crippen LogP contribution in [0.2, 0.25) is 0 Å². The summed E-state index contributed by atoms with van der Waals surface area (Å²) in [5, 5.41) is 9.44. The summed E-state index contributed by atoms with van der Waals surface area (Å²) in [6, 6.07) is 10.8. The van der Waals surface area contributed by atoms with Gasteiger partial charge < -0.3 is 9.84 Å². The van der Waals surface area contributed by atoms with E-state index in [2.05, 4.69) is 4.72 Å². The molecular weight excluding hydrogens is 342 g/mol. The summed E-state index contributed by atoms with van der Waals surface area (Å²) in [4.78, 5) is 11.6. The van der Waals surface area contributed by atoms with Gasteiger partial charge in [-0.2, -0.15) is 0 Å². The third-order valence-electron chi connectivity index (χ3n) is 3.35. The first-order valence-corrected chi connectivity index (χ1v) is 9.07. The Bertz CT molecular complexity index is 898. The SMILES string of the molecule is COc1ccc(-c2cccc(S(=O)(=O)NC(C)(C)C)c2)c(C(=O)O)c1. The summed E-state index contributed by atoms with van der Waals surface area (Å²) < 4.78 is 32.6.